The maximum Gasteiger partial charge on any atom is 0.419 e. The van der Waals surface area contributed by atoms with Crippen molar-refractivity contribution in [1.29, 1.82) is 0 Å². The molecule has 248 valence electrons. The second-order valence-electron chi connectivity index (χ2n) is 10.7. The molecule has 2 heterocycles. The van der Waals surface area contributed by atoms with Crippen LogP contribution in [0.4, 0.5) is 13.2 Å². The number of ether oxygens (including phenoxy) is 1. The molecule has 0 unspecified atom stereocenters. The van der Waals surface area contributed by atoms with Gasteiger partial charge in [0.15, 0.2) is 0 Å². The topological polar surface area (TPSA) is 116 Å². The van der Waals surface area contributed by atoms with Gasteiger partial charge in [0, 0.05) is 37.3 Å². The number of nitrogens with zero attached hydrogens (tertiary/aromatic N) is 5. The lowest BCUT2D eigenvalue weighted by Crippen LogP contribution is -2.48. The molecule has 14 heteroatoms. The third-order valence-electron chi connectivity index (χ3n) is 7.37. The quantitative estimate of drug-likeness (QED) is 0.116. The van der Waals surface area contributed by atoms with E-state index in [1.165, 1.54) is 24.4 Å². The molecule has 0 atom stereocenters. The molecule has 5 rings (SSSR count). The standard InChI is InChI=1S/C33H33F3N6O4.ClH/c1-2-6-24-7-5-8-26(31(24)44)19-37-39-29(43)20-41-15-17-42(18-16-41)21-30-38-32(40-46-30)25-13-11-23(12-14-25)22-45-28-10-4-3-9-27(28)33(34,35)36;/h2-5,7-14,19,44H,1,6,15-18,20-22H2,(H,39,43);1H. The first-order chi connectivity index (χ1) is 22.2. The first-order valence-electron chi connectivity index (χ1n) is 14.6. The summed E-state index contributed by atoms with van der Waals surface area (Å²) in [6, 6.07) is 17.4. The largest absolute Gasteiger partial charge is 0.507 e. The summed E-state index contributed by atoms with van der Waals surface area (Å²) in [6.45, 7) is 7.03. The zero-order chi connectivity index (χ0) is 32.5. The highest BCUT2D eigenvalue weighted by Crippen LogP contribution is 2.36. The summed E-state index contributed by atoms with van der Waals surface area (Å²) in [4.78, 5) is 21.1. The molecule has 2 N–H and O–H groups in total. The maximum atomic E-state index is 13.2. The van der Waals surface area contributed by atoms with E-state index in [-0.39, 0.29) is 43.0 Å². The first kappa shape index (κ1) is 35.1. The third kappa shape index (κ3) is 9.64. The smallest absolute Gasteiger partial charge is 0.419 e. The van der Waals surface area contributed by atoms with Crippen molar-refractivity contribution in [2.24, 2.45) is 5.10 Å². The van der Waals surface area contributed by atoms with Crippen LogP contribution in [0.1, 0.15) is 28.1 Å². The summed E-state index contributed by atoms with van der Waals surface area (Å²) in [7, 11) is 0. The molecule has 3 aromatic carbocycles. The van der Waals surface area contributed by atoms with Crippen LogP contribution in [0.3, 0.4) is 0 Å². The Morgan fingerprint density at radius 1 is 1.04 bits per heavy atom. The highest BCUT2D eigenvalue weighted by atomic mass is 35.5. The second kappa shape index (κ2) is 16.2. The lowest BCUT2D eigenvalue weighted by atomic mass is 10.1. The Labute approximate surface area is 275 Å². The molecule has 1 aliphatic heterocycles. The number of phenols is 1. The number of hydrogen-bond acceptors (Lipinski definition) is 9. The number of allylic oxidation sites excluding steroid dienone is 1. The zero-order valence-corrected chi connectivity index (χ0v) is 26.1. The number of carbonyl (C=O) groups excluding carboxylic acids is 1. The van der Waals surface area contributed by atoms with Crippen LogP contribution in [0, 0.1) is 0 Å². The van der Waals surface area contributed by atoms with Crippen molar-refractivity contribution in [1.82, 2.24) is 25.4 Å². The second-order valence-corrected chi connectivity index (χ2v) is 10.7. The number of benzene rings is 3. The van der Waals surface area contributed by atoms with Crippen molar-refractivity contribution >= 4 is 24.5 Å². The fraction of sp³-hybridized carbons (Fsp3) is 0.273. The van der Waals surface area contributed by atoms with E-state index in [1.54, 1.807) is 48.5 Å². The number of piperazine rings is 1. The Bertz CT molecular complexity index is 1670. The number of phenolic OH excluding ortho intramolecular Hbond substituents is 1. The summed E-state index contributed by atoms with van der Waals surface area (Å²) in [5.41, 5.74) is 4.33. The normalized spacial score (nSPS) is 14.1. The molecule has 0 bridgehead atoms. The average molecular weight is 671 g/mol. The molecule has 1 saturated heterocycles. The van der Waals surface area contributed by atoms with Crippen LogP contribution in [-0.4, -0.2) is 69.9 Å². The van der Waals surface area contributed by atoms with Gasteiger partial charge >= 0.3 is 6.18 Å². The number of alkyl halides is 3. The number of aromatic hydroxyl groups is 1. The van der Waals surface area contributed by atoms with Crippen LogP contribution >= 0.6 is 12.4 Å². The monoisotopic (exact) mass is 670 g/mol. The van der Waals surface area contributed by atoms with Gasteiger partial charge in [-0.05, 0) is 35.7 Å². The molecule has 1 fully saturated rings. The first-order valence-corrected chi connectivity index (χ1v) is 14.6. The molecule has 10 nitrogen and oxygen atoms in total. The van der Waals surface area contributed by atoms with Crippen molar-refractivity contribution in [3.63, 3.8) is 0 Å². The van der Waals surface area contributed by atoms with Crippen molar-refractivity contribution in [3.05, 3.63) is 108 Å². The van der Waals surface area contributed by atoms with Crippen molar-refractivity contribution in [2.75, 3.05) is 32.7 Å². The molecule has 1 aliphatic rings. The number of aromatic nitrogens is 2. The van der Waals surface area contributed by atoms with Gasteiger partial charge in [-0.25, -0.2) is 5.43 Å². The minimum atomic E-state index is -4.50. The third-order valence-corrected chi connectivity index (χ3v) is 7.37. The van der Waals surface area contributed by atoms with Gasteiger partial charge in [0.25, 0.3) is 5.91 Å². The van der Waals surface area contributed by atoms with E-state index in [9.17, 15) is 23.1 Å². The minimum Gasteiger partial charge on any atom is -0.507 e. The van der Waals surface area contributed by atoms with Crippen LogP contribution < -0.4 is 10.2 Å². The molecule has 1 aromatic heterocycles. The maximum absolute atomic E-state index is 13.2. The average Bonchev–Trinajstić information content (AvgIpc) is 3.51. The molecule has 0 spiro atoms. The lowest BCUT2D eigenvalue weighted by molar-refractivity contribution is -0.139. The van der Waals surface area contributed by atoms with Crippen molar-refractivity contribution in [2.45, 2.75) is 25.7 Å². The van der Waals surface area contributed by atoms with Crippen LogP contribution in [-0.2, 0) is 30.5 Å². The summed E-state index contributed by atoms with van der Waals surface area (Å²) in [6.07, 6.45) is -0.848. The predicted molar refractivity (Wildman–Crippen MR) is 172 cm³/mol. The van der Waals surface area contributed by atoms with E-state index >= 15 is 0 Å². The highest BCUT2D eigenvalue weighted by Gasteiger charge is 2.34. The fourth-order valence-electron chi connectivity index (χ4n) is 4.92. The van der Waals surface area contributed by atoms with E-state index in [2.05, 4.69) is 32.1 Å². The Kier molecular flexibility index (Phi) is 12.1. The van der Waals surface area contributed by atoms with Gasteiger partial charge in [-0.15, -0.1) is 19.0 Å². The van der Waals surface area contributed by atoms with E-state index < -0.39 is 11.7 Å². The number of rotatable bonds is 12. The minimum absolute atomic E-state index is 0. The van der Waals surface area contributed by atoms with Gasteiger partial charge in [-0.3, -0.25) is 14.6 Å². The van der Waals surface area contributed by atoms with Crippen LogP contribution in [0.25, 0.3) is 11.4 Å². The van der Waals surface area contributed by atoms with Crippen LogP contribution in [0.2, 0.25) is 0 Å². The number of halogens is 4. The molecular weight excluding hydrogens is 637 g/mol. The summed E-state index contributed by atoms with van der Waals surface area (Å²) in [5.74, 6) is 0.491. The van der Waals surface area contributed by atoms with Gasteiger partial charge in [0.1, 0.15) is 18.1 Å². The van der Waals surface area contributed by atoms with Crippen LogP contribution in [0.5, 0.6) is 11.5 Å². The van der Waals surface area contributed by atoms with Gasteiger partial charge in [-0.1, -0.05) is 59.8 Å². The Morgan fingerprint density at radius 2 is 1.77 bits per heavy atom. The SMILES string of the molecule is C=CCc1cccc(C=NNC(=O)CN2CCN(Cc3nc(-c4ccc(COc5ccccc5C(F)(F)F)cc4)no3)CC2)c1O.Cl. The number of amides is 1. The number of para-hydroxylation sites is 2. The lowest BCUT2D eigenvalue weighted by Gasteiger charge is -2.33. The zero-order valence-electron chi connectivity index (χ0n) is 25.3. The van der Waals surface area contributed by atoms with E-state index in [0.29, 0.717) is 67.6 Å². The predicted octanol–water partition coefficient (Wildman–Crippen LogP) is 5.46. The Morgan fingerprint density at radius 3 is 2.49 bits per heavy atom. The Balaban J connectivity index is 0.00000500. The summed E-state index contributed by atoms with van der Waals surface area (Å²) in [5, 5.41) is 18.4. The number of hydrogen-bond donors (Lipinski definition) is 2. The number of nitrogens with one attached hydrogen (secondary N) is 1. The summed E-state index contributed by atoms with van der Waals surface area (Å²) >= 11 is 0. The molecule has 0 saturated carbocycles. The molecule has 4 aromatic rings. The number of carbonyl (C=O) groups is 1. The van der Waals surface area contributed by atoms with E-state index in [0.717, 1.165) is 11.6 Å². The van der Waals surface area contributed by atoms with Gasteiger partial charge in [-0.2, -0.15) is 23.3 Å². The van der Waals surface area contributed by atoms with E-state index in [4.69, 9.17) is 9.26 Å². The molecule has 47 heavy (non-hydrogen) atoms. The molecule has 0 aliphatic carbocycles. The molecule has 1 amide bonds. The summed E-state index contributed by atoms with van der Waals surface area (Å²) < 4.78 is 50.5. The van der Waals surface area contributed by atoms with Gasteiger partial charge in [0.05, 0.1) is 24.9 Å². The van der Waals surface area contributed by atoms with Crippen LogP contribution in [0.15, 0.2) is 89.0 Å². The fourth-order valence-corrected chi connectivity index (χ4v) is 4.92. The van der Waals surface area contributed by atoms with Gasteiger partial charge in [0.2, 0.25) is 11.7 Å². The van der Waals surface area contributed by atoms with Crippen molar-refractivity contribution < 1.29 is 32.3 Å². The number of hydrazone groups is 1. The highest BCUT2D eigenvalue weighted by molar-refractivity contribution is 5.86. The van der Waals surface area contributed by atoms with E-state index in [1.807, 2.05) is 4.90 Å². The van der Waals surface area contributed by atoms with Crippen molar-refractivity contribution in [3.8, 4) is 22.9 Å². The molecule has 0 radical (unpaired) electrons. The van der Waals surface area contributed by atoms with Gasteiger partial charge < -0.3 is 14.4 Å². The molecular formula is C33H34ClF3N6O4. The Hall–Kier alpha value is -4.72.